The molecule has 3 heterocycles. The highest BCUT2D eigenvalue weighted by Crippen LogP contribution is 2.56. The highest BCUT2D eigenvalue weighted by Gasteiger charge is 2.63. The minimum atomic E-state index is -0.538. The van der Waals surface area contributed by atoms with Crippen LogP contribution in [0.5, 0.6) is 0 Å². The number of fused-ring (bicyclic) bond motifs is 2. The monoisotopic (exact) mass is 358 g/mol. The fraction of sp³-hybridized carbons (Fsp3) is 0.632. The fourth-order valence-corrected chi connectivity index (χ4v) is 5.01. The Kier molecular flexibility index (Phi) is 4.23. The van der Waals surface area contributed by atoms with Crippen LogP contribution in [0.2, 0.25) is 0 Å². The molecule has 2 amide bonds. The Morgan fingerprint density at radius 1 is 1.46 bits per heavy atom. The summed E-state index contributed by atoms with van der Waals surface area (Å²) in [6, 6.07) is 2.23. The van der Waals surface area contributed by atoms with E-state index >= 15 is 0 Å². The average molecular weight is 358 g/mol. The Balaban J connectivity index is 1.58. The van der Waals surface area contributed by atoms with Crippen LogP contribution in [0.4, 0.5) is 0 Å². The van der Waals surface area contributed by atoms with Crippen LogP contribution >= 0.6 is 0 Å². The quantitative estimate of drug-likeness (QED) is 0.627. The SMILES string of the molecule is CC[C@H]1Cc2ncc(C(=O)NO)cc2CN1CC12CC1CCN2C(C)=O. The number of hydroxylamine groups is 1. The Morgan fingerprint density at radius 3 is 2.92 bits per heavy atom. The summed E-state index contributed by atoms with van der Waals surface area (Å²) in [5.41, 5.74) is 4.13. The lowest BCUT2D eigenvalue weighted by atomic mass is 9.94. The number of piperidine rings is 1. The fourth-order valence-electron chi connectivity index (χ4n) is 5.01. The van der Waals surface area contributed by atoms with Gasteiger partial charge in [0.05, 0.1) is 11.1 Å². The number of carbonyl (C=O) groups excluding carboxylic acids is 2. The smallest absolute Gasteiger partial charge is 0.276 e. The Labute approximate surface area is 153 Å². The van der Waals surface area contributed by atoms with Crippen LogP contribution in [-0.2, 0) is 17.8 Å². The van der Waals surface area contributed by atoms with E-state index in [0.29, 0.717) is 17.5 Å². The minimum absolute atomic E-state index is 0.0181. The lowest BCUT2D eigenvalue weighted by molar-refractivity contribution is -0.131. The van der Waals surface area contributed by atoms with Crippen molar-refractivity contribution in [1.29, 1.82) is 0 Å². The molecule has 2 unspecified atom stereocenters. The Morgan fingerprint density at radius 2 is 2.27 bits per heavy atom. The normalized spacial score (nSPS) is 29.9. The van der Waals surface area contributed by atoms with Crippen molar-refractivity contribution in [2.45, 2.75) is 57.7 Å². The predicted molar refractivity (Wildman–Crippen MR) is 94.5 cm³/mol. The molecule has 2 N–H and O–H groups in total. The van der Waals surface area contributed by atoms with Crippen molar-refractivity contribution < 1.29 is 14.8 Å². The van der Waals surface area contributed by atoms with Crippen molar-refractivity contribution in [2.75, 3.05) is 13.1 Å². The van der Waals surface area contributed by atoms with Gasteiger partial charge in [0.1, 0.15) is 0 Å². The van der Waals surface area contributed by atoms with Gasteiger partial charge in [0, 0.05) is 50.9 Å². The highest BCUT2D eigenvalue weighted by atomic mass is 16.5. The van der Waals surface area contributed by atoms with Crippen molar-refractivity contribution in [3.63, 3.8) is 0 Å². The molecule has 1 saturated heterocycles. The number of pyridine rings is 1. The van der Waals surface area contributed by atoms with Crippen LogP contribution in [0.25, 0.3) is 0 Å². The van der Waals surface area contributed by atoms with Gasteiger partial charge < -0.3 is 4.90 Å². The van der Waals surface area contributed by atoms with E-state index in [4.69, 9.17) is 5.21 Å². The molecule has 0 aromatic carbocycles. The van der Waals surface area contributed by atoms with Crippen LogP contribution in [0.15, 0.2) is 12.3 Å². The van der Waals surface area contributed by atoms with Crippen LogP contribution in [-0.4, -0.2) is 56.5 Å². The van der Waals surface area contributed by atoms with Gasteiger partial charge in [0.2, 0.25) is 5.91 Å². The molecule has 7 nitrogen and oxygen atoms in total. The van der Waals surface area contributed by atoms with Gasteiger partial charge in [-0.15, -0.1) is 0 Å². The topological polar surface area (TPSA) is 85.8 Å². The number of carbonyl (C=O) groups is 2. The first kappa shape index (κ1) is 17.4. The number of amides is 2. The van der Waals surface area contributed by atoms with E-state index in [9.17, 15) is 9.59 Å². The number of rotatable bonds is 4. The van der Waals surface area contributed by atoms with E-state index in [-0.39, 0.29) is 11.4 Å². The third-order valence-electron chi connectivity index (χ3n) is 6.51. The summed E-state index contributed by atoms with van der Waals surface area (Å²) in [5, 5.41) is 8.86. The minimum Gasteiger partial charge on any atom is -0.336 e. The first-order chi connectivity index (χ1) is 12.5. The molecule has 0 radical (unpaired) electrons. The van der Waals surface area contributed by atoms with Gasteiger partial charge in [-0.05, 0) is 36.8 Å². The summed E-state index contributed by atoms with van der Waals surface area (Å²) in [4.78, 5) is 32.8. The molecule has 2 fully saturated rings. The molecular formula is C19H26N4O3. The third kappa shape index (κ3) is 2.70. The maximum Gasteiger partial charge on any atom is 0.276 e. The molecule has 0 spiro atoms. The molecular weight excluding hydrogens is 332 g/mol. The lowest BCUT2D eigenvalue weighted by Gasteiger charge is -2.40. The number of likely N-dealkylation sites (tertiary alicyclic amines) is 1. The van der Waals surface area contributed by atoms with Gasteiger partial charge >= 0.3 is 0 Å². The lowest BCUT2D eigenvalue weighted by Crippen LogP contribution is -2.51. The van der Waals surface area contributed by atoms with E-state index in [1.54, 1.807) is 12.4 Å². The second-order valence-electron chi connectivity index (χ2n) is 7.91. The van der Waals surface area contributed by atoms with Gasteiger partial charge in [0.25, 0.3) is 5.91 Å². The molecule has 3 aliphatic rings. The van der Waals surface area contributed by atoms with Crippen LogP contribution in [0, 0.1) is 5.92 Å². The number of nitrogens with one attached hydrogen (secondary N) is 1. The molecule has 0 bridgehead atoms. The molecule has 1 saturated carbocycles. The van der Waals surface area contributed by atoms with Gasteiger partial charge in [-0.1, -0.05) is 6.92 Å². The largest absolute Gasteiger partial charge is 0.336 e. The van der Waals surface area contributed by atoms with Crippen molar-refractivity contribution in [2.24, 2.45) is 5.92 Å². The molecule has 4 rings (SSSR count). The van der Waals surface area contributed by atoms with Gasteiger partial charge in [0.15, 0.2) is 0 Å². The van der Waals surface area contributed by atoms with Crippen molar-refractivity contribution in [1.82, 2.24) is 20.3 Å². The maximum atomic E-state index is 12.1. The first-order valence-corrected chi connectivity index (χ1v) is 9.43. The van der Waals surface area contributed by atoms with Gasteiger partial charge in [-0.3, -0.25) is 24.7 Å². The molecule has 7 heteroatoms. The molecule has 1 aromatic heterocycles. The van der Waals surface area contributed by atoms with Crippen molar-refractivity contribution in [3.05, 3.63) is 29.1 Å². The zero-order valence-electron chi connectivity index (χ0n) is 15.4. The number of hydrogen-bond donors (Lipinski definition) is 2. The van der Waals surface area contributed by atoms with E-state index < -0.39 is 5.91 Å². The van der Waals surface area contributed by atoms with Crippen molar-refractivity contribution >= 4 is 11.8 Å². The standard InChI is InChI=1S/C19H26N4O3/c1-3-16-7-17-14(6-13(9-20-17)18(25)21-26)10-22(16)11-19-8-15(19)4-5-23(19)12(2)24/h6,9,15-16,26H,3-5,7-8,10-11H2,1-2H3,(H,21,25)/t15?,16-,19?/m0/s1. The van der Waals surface area contributed by atoms with E-state index in [0.717, 1.165) is 56.6 Å². The first-order valence-electron chi connectivity index (χ1n) is 9.43. The van der Waals surface area contributed by atoms with Gasteiger partial charge in [-0.2, -0.15) is 0 Å². The van der Waals surface area contributed by atoms with Gasteiger partial charge in [-0.25, -0.2) is 5.48 Å². The molecule has 1 aromatic rings. The van der Waals surface area contributed by atoms with E-state index in [2.05, 4.69) is 21.7 Å². The molecule has 3 atom stereocenters. The second kappa shape index (κ2) is 6.32. The molecule has 26 heavy (non-hydrogen) atoms. The number of hydrogen-bond acceptors (Lipinski definition) is 5. The maximum absolute atomic E-state index is 12.1. The summed E-state index contributed by atoms with van der Waals surface area (Å²) >= 11 is 0. The summed E-state index contributed by atoms with van der Waals surface area (Å²) in [6.07, 6.45) is 5.63. The van der Waals surface area contributed by atoms with Crippen LogP contribution in [0.3, 0.4) is 0 Å². The Hall–Kier alpha value is -1.99. The summed E-state index contributed by atoms with van der Waals surface area (Å²) < 4.78 is 0. The third-order valence-corrected chi connectivity index (χ3v) is 6.51. The number of nitrogens with zero attached hydrogens (tertiary/aromatic N) is 3. The van der Waals surface area contributed by atoms with Crippen LogP contribution < -0.4 is 5.48 Å². The summed E-state index contributed by atoms with van der Waals surface area (Å²) in [7, 11) is 0. The molecule has 2 aliphatic heterocycles. The number of aromatic nitrogens is 1. The van der Waals surface area contributed by atoms with Crippen LogP contribution in [0.1, 0.15) is 54.7 Å². The highest BCUT2D eigenvalue weighted by molar-refractivity contribution is 5.93. The predicted octanol–water partition coefficient (Wildman–Crippen LogP) is 1.35. The Bertz CT molecular complexity index is 752. The average Bonchev–Trinajstić information content (AvgIpc) is 3.21. The zero-order chi connectivity index (χ0) is 18.5. The van der Waals surface area contributed by atoms with E-state index in [1.807, 2.05) is 6.07 Å². The molecule has 140 valence electrons. The second-order valence-corrected chi connectivity index (χ2v) is 7.91. The van der Waals surface area contributed by atoms with E-state index in [1.165, 1.54) is 6.20 Å². The zero-order valence-corrected chi connectivity index (χ0v) is 15.4. The summed E-state index contributed by atoms with van der Waals surface area (Å²) in [6.45, 7) is 6.37. The summed E-state index contributed by atoms with van der Waals surface area (Å²) in [5.74, 6) is 0.276. The molecule has 1 aliphatic carbocycles. The van der Waals surface area contributed by atoms with Crippen molar-refractivity contribution in [3.8, 4) is 0 Å².